The second kappa shape index (κ2) is 6.00. The molecule has 7 heteroatoms. The van der Waals surface area contributed by atoms with Crippen LogP contribution in [0.4, 0.5) is 13.2 Å². The summed E-state index contributed by atoms with van der Waals surface area (Å²) in [7, 11) is 0. The number of alkyl halides is 4. The Kier molecular flexibility index (Phi) is 4.34. The van der Waals surface area contributed by atoms with E-state index in [2.05, 4.69) is 9.72 Å². The zero-order chi connectivity index (χ0) is 14.6. The quantitative estimate of drug-likeness (QED) is 0.779. The van der Waals surface area contributed by atoms with Gasteiger partial charge in [0.2, 0.25) is 5.88 Å². The van der Waals surface area contributed by atoms with Crippen molar-refractivity contribution in [3.63, 3.8) is 0 Å². The molecule has 0 atom stereocenters. The smallest absolute Gasteiger partial charge is 0.439 e. The van der Waals surface area contributed by atoms with E-state index in [4.69, 9.17) is 16.3 Å². The molecule has 0 unspecified atom stereocenters. The summed E-state index contributed by atoms with van der Waals surface area (Å²) in [6.45, 7) is 0. The van der Waals surface area contributed by atoms with Gasteiger partial charge in [-0.1, -0.05) is 6.07 Å². The van der Waals surface area contributed by atoms with Crippen molar-refractivity contribution < 1.29 is 22.6 Å². The Hall–Kier alpha value is -1.95. The molecular formula is C13H9ClF3NO2. The van der Waals surface area contributed by atoms with Crippen LogP contribution in [-0.2, 0) is 5.88 Å². The first-order valence-electron chi connectivity index (χ1n) is 5.51. The van der Waals surface area contributed by atoms with Crippen LogP contribution in [0, 0.1) is 0 Å². The molecule has 0 aliphatic rings. The number of rotatable bonds is 4. The molecule has 0 aliphatic heterocycles. The van der Waals surface area contributed by atoms with Crippen molar-refractivity contribution in [2.24, 2.45) is 0 Å². The van der Waals surface area contributed by atoms with Gasteiger partial charge >= 0.3 is 6.36 Å². The molecule has 2 aromatic rings. The average molecular weight is 304 g/mol. The fraction of sp³-hybridized carbons (Fsp3) is 0.154. The predicted molar refractivity (Wildman–Crippen MR) is 67.0 cm³/mol. The lowest BCUT2D eigenvalue weighted by Crippen LogP contribution is -2.16. The molecular weight excluding hydrogens is 295 g/mol. The van der Waals surface area contributed by atoms with Crippen LogP contribution in [0.25, 0.3) is 0 Å². The molecule has 106 valence electrons. The monoisotopic (exact) mass is 303 g/mol. The molecule has 20 heavy (non-hydrogen) atoms. The van der Waals surface area contributed by atoms with Crippen molar-refractivity contribution in [2.45, 2.75) is 12.2 Å². The lowest BCUT2D eigenvalue weighted by molar-refractivity contribution is -0.274. The normalized spacial score (nSPS) is 11.2. The maximum atomic E-state index is 12.0. The van der Waals surface area contributed by atoms with Gasteiger partial charge in [0.15, 0.2) is 0 Å². The van der Waals surface area contributed by atoms with Gasteiger partial charge < -0.3 is 9.47 Å². The van der Waals surface area contributed by atoms with E-state index in [1.54, 1.807) is 12.1 Å². The van der Waals surface area contributed by atoms with E-state index in [1.807, 2.05) is 0 Å². The highest BCUT2D eigenvalue weighted by molar-refractivity contribution is 6.17. The van der Waals surface area contributed by atoms with Crippen molar-refractivity contribution in [3.05, 3.63) is 48.2 Å². The summed E-state index contributed by atoms with van der Waals surface area (Å²) in [6.07, 6.45) is -3.18. The maximum Gasteiger partial charge on any atom is 0.573 e. The first-order chi connectivity index (χ1) is 9.48. The number of hydrogen-bond acceptors (Lipinski definition) is 3. The number of benzene rings is 1. The summed E-state index contributed by atoms with van der Waals surface area (Å²) in [4.78, 5) is 4.01. The van der Waals surface area contributed by atoms with Gasteiger partial charge in [-0.05, 0) is 30.3 Å². The van der Waals surface area contributed by atoms with Gasteiger partial charge in [-0.2, -0.15) is 0 Å². The minimum Gasteiger partial charge on any atom is -0.439 e. The SMILES string of the molecule is FC(F)(F)Oc1ccc(Oc2ncccc2CCl)cc1. The molecule has 1 heterocycles. The molecule has 0 N–H and O–H groups in total. The van der Waals surface area contributed by atoms with Gasteiger partial charge in [0.1, 0.15) is 11.5 Å². The molecule has 0 fully saturated rings. The Bertz CT molecular complexity index is 573. The third-order valence-corrected chi connectivity index (χ3v) is 2.55. The van der Waals surface area contributed by atoms with Gasteiger partial charge in [0, 0.05) is 11.8 Å². The topological polar surface area (TPSA) is 31.4 Å². The number of pyridine rings is 1. The van der Waals surface area contributed by atoms with Crippen LogP contribution in [0.15, 0.2) is 42.6 Å². The Balaban J connectivity index is 2.11. The summed E-state index contributed by atoms with van der Waals surface area (Å²) in [5.74, 6) is 0.554. The number of halogens is 4. The molecule has 1 aromatic heterocycles. The number of aromatic nitrogens is 1. The Morgan fingerprint density at radius 3 is 2.30 bits per heavy atom. The molecule has 0 saturated carbocycles. The van der Waals surface area contributed by atoms with E-state index >= 15 is 0 Å². The maximum absolute atomic E-state index is 12.0. The standard InChI is InChI=1S/C13H9ClF3NO2/c14-8-9-2-1-7-18-12(9)19-10-3-5-11(6-4-10)20-13(15,16)17/h1-7H,8H2. The van der Waals surface area contributed by atoms with Gasteiger partial charge in [-0.15, -0.1) is 24.8 Å². The highest BCUT2D eigenvalue weighted by Gasteiger charge is 2.30. The predicted octanol–water partition coefficient (Wildman–Crippen LogP) is 4.51. The third-order valence-electron chi connectivity index (χ3n) is 2.27. The first-order valence-corrected chi connectivity index (χ1v) is 6.05. The summed E-state index contributed by atoms with van der Waals surface area (Å²) < 4.78 is 45.2. The molecule has 0 amide bonds. The largest absolute Gasteiger partial charge is 0.573 e. The minimum absolute atomic E-state index is 0.221. The summed E-state index contributed by atoms with van der Waals surface area (Å²) in [5.41, 5.74) is 0.685. The van der Waals surface area contributed by atoms with Crippen LogP contribution >= 0.6 is 11.6 Å². The van der Waals surface area contributed by atoms with Crippen LogP contribution in [0.1, 0.15) is 5.56 Å². The van der Waals surface area contributed by atoms with Crippen molar-refractivity contribution in [1.29, 1.82) is 0 Å². The zero-order valence-electron chi connectivity index (χ0n) is 10.0. The fourth-order valence-electron chi connectivity index (χ4n) is 1.44. The molecule has 3 nitrogen and oxygen atoms in total. The van der Waals surface area contributed by atoms with Crippen molar-refractivity contribution in [2.75, 3.05) is 0 Å². The van der Waals surface area contributed by atoms with Crippen LogP contribution < -0.4 is 9.47 Å². The number of ether oxygens (including phenoxy) is 2. The fourth-order valence-corrected chi connectivity index (χ4v) is 1.64. The Morgan fingerprint density at radius 2 is 1.70 bits per heavy atom. The van der Waals surface area contributed by atoms with Crippen molar-refractivity contribution >= 4 is 11.6 Å². The van der Waals surface area contributed by atoms with Gasteiger partial charge in [0.25, 0.3) is 0 Å². The van der Waals surface area contributed by atoms with E-state index in [9.17, 15) is 13.2 Å². The number of nitrogens with zero attached hydrogens (tertiary/aromatic N) is 1. The van der Waals surface area contributed by atoms with Crippen LogP contribution in [-0.4, -0.2) is 11.3 Å². The molecule has 1 aromatic carbocycles. The summed E-state index contributed by atoms with van der Waals surface area (Å²) in [5, 5.41) is 0. The van der Waals surface area contributed by atoms with E-state index in [-0.39, 0.29) is 11.6 Å². The zero-order valence-corrected chi connectivity index (χ0v) is 10.8. The summed E-state index contributed by atoms with van der Waals surface area (Å²) in [6, 6.07) is 8.49. The van der Waals surface area contributed by atoms with E-state index in [0.717, 1.165) is 12.1 Å². The van der Waals surface area contributed by atoms with E-state index < -0.39 is 6.36 Å². The molecule has 2 rings (SSSR count). The molecule has 0 radical (unpaired) electrons. The molecule has 0 aliphatic carbocycles. The Labute approximate surface area is 117 Å². The van der Waals surface area contributed by atoms with E-state index in [1.165, 1.54) is 18.3 Å². The summed E-state index contributed by atoms with van der Waals surface area (Å²) >= 11 is 5.73. The minimum atomic E-state index is -4.71. The van der Waals surface area contributed by atoms with Crippen molar-refractivity contribution in [3.8, 4) is 17.4 Å². The molecule has 0 saturated heterocycles. The third kappa shape index (κ3) is 4.03. The van der Waals surface area contributed by atoms with Crippen LogP contribution in [0.2, 0.25) is 0 Å². The average Bonchev–Trinajstić information content (AvgIpc) is 2.40. The highest BCUT2D eigenvalue weighted by atomic mass is 35.5. The van der Waals surface area contributed by atoms with Crippen LogP contribution in [0.5, 0.6) is 17.4 Å². The number of hydrogen-bond donors (Lipinski definition) is 0. The highest BCUT2D eigenvalue weighted by Crippen LogP contribution is 2.28. The second-order valence-electron chi connectivity index (χ2n) is 3.72. The van der Waals surface area contributed by atoms with Crippen LogP contribution in [0.3, 0.4) is 0 Å². The van der Waals surface area contributed by atoms with Crippen molar-refractivity contribution in [1.82, 2.24) is 4.98 Å². The van der Waals surface area contributed by atoms with Gasteiger partial charge in [0.05, 0.1) is 5.88 Å². The lowest BCUT2D eigenvalue weighted by Gasteiger charge is -2.10. The second-order valence-corrected chi connectivity index (χ2v) is 3.99. The molecule has 0 bridgehead atoms. The first kappa shape index (κ1) is 14.5. The van der Waals surface area contributed by atoms with Gasteiger partial charge in [-0.3, -0.25) is 0 Å². The van der Waals surface area contributed by atoms with E-state index in [0.29, 0.717) is 17.2 Å². The Morgan fingerprint density at radius 1 is 1.05 bits per heavy atom. The van der Waals surface area contributed by atoms with Gasteiger partial charge in [-0.25, -0.2) is 4.98 Å². The molecule has 0 spiro atoms. The lowest BCUT2D eigenvalue weighted by atomic mass is 10.3.